The van der Waals surface area contributed by atoms with Gasteiger partial charge in [0.2, 0.25) is 0 Å². The van der Waals surface area contributed by atoms with Crippen LogP contribution in [0.2, 0.25) is 0 Å². The Morgan fingerprint density at radius 3 is 2.62 bits per heavy atom. The molecule has 0 radical (unpaired) electrons. The first-order valence-electron chi connectivity index (χ1n) is 11.4. The molecule has 1 aliphatic rings. The molecule has 1 atom stereocenters. The summed E-state index contributed by atoms with van der Waals surface area (Å²) < 4.78 is 5.29. The highest BCUT2D eigenvalue weighted by Crippen LogP contribution is 2.26. The minimum absolute atomic E-state index is 0.0783. The van der Waals surface area contributed by atoms with E-state index in [-0.39, 0.29) is 11.6 Å². The van der Waals surface area contributed by atoms with Crippen LogP contribution in [0.3, 0.4) is 0 Å². The summed E-state index contributed by atoms with van der Waals surface area (Å²) in [5.41, 5.74) is 2.62. The summed E-state index contributed by atoms with van der Waals surface area (Å²) in [7, 11) is 1.63. The molecule has 32 heavy (non-hydrogen) atoms. The Labute approximate surface area is 194 Å². The zero-order valence-electron chi connectivity index (χ0n) is 18.8. The minimum atomic E-state index is -0.0783. The summed E-state index contributed by atoms with van der Waals surface area (Å²) in [6, 6.07) is 18.5. The van der Waals surface area contributed by atoms with Gasteiger partial charge in [0.05, 0.1) is 25.2 Å². The fourth-order valence-electron chi connectivity index (χ4n) is 4.51. The Balaban J connectivity index is 1.60. The highest BCUT2D eigenvalue weighted by atomic mass is 32.1. The summed E-state index contributed by atoms with van der Waals surface area (Å²) in [6.45, 7) is 2.62. The van der Waals surface area contributed by atoms with E-state index < -0.39 is 0 Å². The van der Waals surface area contributed by atoms with Crippen LogP contribution in [-0.4, -0.2) is 28.1 Å². The van der Waals surface area contributed by atoms with E-state index in [2.05, 4.69) is 34.3 Å². The molecule has 1 saturated carbocycles. The van der Waals surface area contributed by atoms with Gasteiger partial charge in [0, 0.05) is 17.7 Å². The number of methoxy groups -OCH3 is 1. The molecule has 5 nitrogen and oxygen atoms in total. The van der Waals surface area contributed by atoms with Crippen molar-refractivity contribution in [3.8, 4) is 5.75 Å². The van der Waals surface area contributed by atoms with Crippen molar-refractivity contribution < 1.29 is 4.74 Å². The van der Waals surface area contributed by atoms with E-state index in [1.165, 1.54) is 24.8 Å². The zero-order chi connectivity index (χ0) is 22.5. The Bertz CT molecular complexity index is 1120. The second-order valence-corrected chi connectivity index (χ2v) is 8.97. The molecule has 6 heteroatoms. The summed E-state index contributed by atoms with van der Waals surface area (Å²) in [5.74, 6) is 0.727. The third-order valence-corrected chi connectivity index (χ3v) is 6.74. The Kier molecular flexibility index (Phi) is 7.10. The van der Waals surface area contributed by atoms with Crippen molar-refractivity contribution in [2.24, 2.45) is 0 Å². The van der Waals surface area contributed by atoms with Gasteiger partial charge in [-0.25, -0.2) is 0 Å². The maximum atomic E-state index is 12.9. The van der Waals surface area contributed by atoms with Gasteiger partial charge in [0.15, 0.2) is 5.11 Å². The number of aromatic amines is 1. The zero-order valence-corrected chi connectivity index (χ0v) is 19.6. The van der Waals surface area contributed by atoms with Crippen molar-refractivity contribution >= 4 is 28.2 Å². The summed E-state index contributed by atoms with van der Waals surface area (Å²) in [5, 5.41) is 5.21. The fourth-order valence-corrected chi connectivity index (χ4v) is 4.90. The molecule has 0 bridgehead atoms. The smallest absolute Gasteiger partial charge is 0.253 e. The lowest BCUT2D eigenvalue weighted by Crippen LogP contribution is -2.47. The van der Waals surface area contributed by atoms with Crippen LogP contribution < -0.4 is 15.6 Å². The first-order chi connectivity index (χ1) is 15.5. The number of ether oxygens (including phenoxy) is 1. The number of nitrogens with zero attached hydrogens (tertiary/aromatic N) is 1. The van der Waals surface area contributed by atoms with Crippen LogP contribution >= 0.6 is 12.2 Å². The molecule has 1 heterocycles. The molecular formula is C26H31N3O2S. The molecule has 168 valence electrons. The van der Waals surface area contributed by atoms with E-state index in [9.17, 15) is 4.79 Å². The number of pyridine rings is 1. The number of hydrogen-bond acceptors (Lipinski definition) is 3. The van der Waals surface area contributed by atoms with Crippen LogP contribution in [0.25, 0.3) is 10.9 Å². The molecule has 3 aromatic rings. The van der Waals surface area contributed by atoms with Crippen molar-refractivity contribution in [2.75, 3.05) is 7.11 Å². The number of H-pyrrole nitrogens is 1. The average molecular weight is 450 g/mol. The lowest BCUT2D eigenvalue weighted by atomic mass is 9.94. The summed E-state index contributed by atoms with van der Waals surface area (Å²) in [4.78, 5) is 18.2. The maximum absolute atomic E-state index is 12.9. The molecule has 2 N–H and O–H groups in total. The average Bonchev–Trinajstić information content (AvgIpc) is 2.83. The molecule has 4 rings (SSSR count). The largest absolute Gasteiger partial charge is 0.497 e. The molecule has 0 saturated heterocycles. The second kappa shape index (κ2) is 10.2. The number of hydrogen-bond donors (Lipinski definition) is 2. The van der Waals surface area contributed by atoms with E-state index in [4.69, 9.17) is 17.0 Å². The highest BCUT2D eigenvalue weighted by Gasteiger charge is 2.25. The van der Waals surface area contributed by atoms with Gasteiger partial charge in [-0.15, -0.1) is 0 Å². The van der Waals surface area contributed by atoms with Crippen molar-refractivity contribution in [3.63, 3.8) is 0 Å². The predicted molar refractivity (Wildman–Crippen MR) is 134 cm³/mol. The molecule has 0 amide bonds. The maximum Gasteiger partial charge on any atom is 0.253 e. The van der Waals surface area contributed by atoms with Crippen LogP contribution in [0.5, 0.6) is 5.75 Å². The van der Waals surface area contributed by atoms with Crippen molar-refractivity contribution in [2.45, 2.75) is 57.7 Å². The van der Waals surface area contributed by atoms with E-state index in [0.717, 1.165) is 35.1 Å². The SMILES string of the molecule is COc1ccc2cc(CN(C(=S)N[C@@H](C)c3ccccc3)C3CCCCC3)c(=O)[nH]c2c1. The Morgan fingerprint density at radius 1 is 1.16 bits per heavy atom. The van der Waals surface area contributed by atoms with Gasteiger partial charge in [-0.05, 0) is 61.1 Å². The van der Waals surface area contributed by atoms with Crippen LogP contribution in [0.15, 0.2) is 59.4 Å². The Hall–Kier alpha value is -2.86. The van der Waals surface area contributed by atoms with Gasteiger partial charge in [0.25, 0.3) is 5.56 Å². The van der Waals surface area contributed by atoms with Gasteiger partial charge in [0.1, 0.15) is 5.75 Å². The van der Waals surface area contributed by atoms with Crippen LogP contribution in [0, 0.1) is 0 Å². The second-order valence-electron chi connectivity index (χ2n) is 8.58. The molecule has 2 aromatic carbocycles. The highest BCUT2D eigenvalue weighted by molar-refractivity contribution is 7.80. The minimum Gasteiger partial charge on any atom is -0.497 e. The first-order valence-corrected chi connectivity index (χ1v) is 11.8. The molecular weight excluding hydrogens is 418 g/mol. The van der Waals surface area contributed by atoms with Crippen molar-refractivity contribution in [1.29, 1.82) is 0 Å². The van der Waals surface area contributed by atoms with Gasteiger partial charge in [-0.1, -0.05) is 49.6 Å². The van der Waals surface area contributed by atoms with E-state index in [1.807, 2.05) is 42.5 Å². The third kappa shape index (κ3) is 5.13. The molecule has 0 aliphatic heterocycles. The van der Waals surface area contributed by atoms with Gasteiger partial charge < -0.3 is 19.9 Å². The number of benzene rings is 2. The van der Waals surface area contributed by atoms with Crippen LogP contribution in [0.4, 0.5) is 0 Å². The Morgan fingerprint density at radius 2 is 1.91 bits per heavy atom. The lowest BCUT2D eigenvalue weighted by molar-refractivity contribution is 0.233. The van der Waals surface area contributed by atoms with E-state index >= 15 is 0 Å². The molecule has 0 unspecified atom stereocenters. The number of thiocarbonyl (C=S) groups is 1. The quantitative estimate of drug-likeness (QED) is 0.500. The van der Waals surface area contributed by atoms with Gasteiger partial charge >= 0.3 is 0 Å². The molecule has 1 aromatic heterocycles. The van der Waals surface area contributed by atoms with Crippen molar-refractivity contribution in [1.82, 2.24) is 15.2 Å². The van der Waals surface area contributed by atoms with Crippen molar-refractivity contribution in [3.05, 3.63) is 76.1 Å². The normalized spacial score (nSPS) is 15.3. The van der Waals surface area contributed by atoms with Gasteiger partial charge in [-0.3, -0.25) is 4.79 Å². The third-order valence-electron chi connectivity index (χ3n) is 6.39. The summed E-state index contributed by atoms with van der Waals surface area (Å²) in [6.07, 6.45) is 5.87. The van der Waals surface area contributed by atoms with Crippen LogP contribution in [0.1, 0.15) is 56.2 Å². The van der Waals surface area contributed by atoms with E-state index in [0.29, 0.717) is 17.7 Å². The standard InChI is InChI=1S/C26H31N3O2S/c1-18(19-9-5-3-6-10-19)27-26(32)29(22-11-7-4-8-12-22)17-21-15-20-13-14-23(31-2)16-24(20)28-25(21)30/h3,5-6,9-10,13-16,18,22H,4,7-8,11-12,17H2,1-2H3,(H,27,32)(H,28,30)/t18-/m0/s1. The number of aromatic nitrogens is 1. The van der Waals surface area contributed by atoms with Gasteiger partial charge in [-0.2, -0.15) is 0 Å². The summed E-state index contributed by atoms with van der Waals surface area (Å²) >= 11 is 5.89. The molecule has 1 aliphatic carbocycles. The molecule has 0 spiro atoms. The lowest BCUT2D eigenvalue weighted by Gasteiger charge is -2.37. The number of fused-ring (bicyclic) bond motifs is 1. The van der Waals surface area contributed by atoms with E-state index in [1.54, 1.807) is 7.11 Å². The number of rotatable bonds is 6. The predicted octanol–water partition coefficient (Wildman–Crippen LogP) is 5.31. The first kappa shape index (κ1) is 22.3. The topological polar surface area (TPSA) is 57.4 Å². The monoisotopic (exact) mass is 449 g/mol. The van der Waals surface area contributed by atoms with Crippen LogP contribution in [-0.2, 0) is 6.54 Å². The molecule has 1 fully saturated rings. The number of nitrogens with one attached hydrogen (secondary N) is 2. The fraction of sp³-hybridized carbons (Fsp3) is 0.385.